The molecule has 2 aliphatic rings. The van der Waals surface area contributed by atoms with Crippen LogP contribution >= 0.6 is 12.2 Å². The summed E-state index contributed by atoms with van der Waals surface area (Å²) >= 11 is 5.47. The van der Waals surface area contributed by atoms with E-state index in [1.807, 2.05) is 23.2 Å². The zero-order chi connectivity index (χ0) is 20.5. The minimum absolute atomic E-state index is 0.0826. The predicted octanol–water partition coefficient (Wildman–Crippen LogP) is 2.78. The Morgan fingerprint density at radius 1 is 1.38 bits per heavy atom. The molecule has 1 aromatic heterocycles. The molecule has 1 aromatic carbocycles. The fourth-order valence-corrected chi connectivity index (χ4v) is 3.93. The number of aliphatic hydroxyl groups excluding tert-OH is 1. The van der Waals surface area contributed by atoms with Gasteiger partial charge in [0.2, 0.25) is 5.76 Å². The van der Waals surface area contributed by atoms with Gasteiger partial charge in [-0.2, -0.15) is 0 Å². The summed E-state index contributed by atoms with van der Waals surface area (Å²) in [5, 5.41) is 22.6. The van der Waals surface area contributed by atoms with Gasteiger partial charge in [-0.15, -0.1) is 0 Å². The van der Waals surface area contributed by atoms with Gasteiger partial charge in [-0.1, -0.05) is 18.3 Å². The summed E-state index contributed by atoms with van der Waals surface area (Å²) in [6.45, 7) is 8.03. The number of hydrazine groups is 1. The van der Waals surface area contributed by atoms with E-state index in [2.05, 4.69) is 4.85 Å². The molecule has 0 spiro atoms. The Bertz CT molecular complexity index is 998. The summed E-state index contributed by atoms with van der Waals surface area (Å²) in [7, 11) is 0. The van der Waals surface area contributed by atoms with Crippen molar-refractivity contribution in [1.82, 2.24) is 5.01 Å². The molecule has 9 heteroatoms. The highest BCUT2D eigenvalue weighted by Crippen LogP contribution is 2.35. The molecule has 2 unspecified atom stereocenters. The maximum atomic E-state index is 10.9. The van der Waals surface area contributed by atoms with Gasteiger partial charge in [-0.3, -0.25) is 5.01 Å². The first-order chi connectivity index (χ1) is 14.0. The van der Waals surface area contributed by atoms with Gasteiger partial charge in [0.25, 0.3) is 6.04 Å². The van der Waals surface area contributed by atoms with Gasteiger partial charge >= 0.3 is 5.97 Å². The molecule has 29 heavy (non-hydrogen) atoms. The third-order valence-corrected chi connectivity index (χ3v) is 5.62. The lowest BCUT2D eigenvalue weighted by Gasteiger charge is -2.29. The zero-order valence-electron chi connectivity index (χ0n) is 15.4. The molecule has 2 N–H and O–H groups in total. The topological polar surface area (TPSA) is 90.7 Å². The first-order valence-electron chi connectivity index (χ1n) is 9.14. The number of nitrogens with zero attached hydrogens (tertiary/aromatic N) is 3. The van der Waals surface area contributed by atoms with Crippen LogP contribution in [-0.4, -0.2) is 45.5 Å². The third-order valence-electron chi connectivity index (χ3n) is 5.13. The van der Waals surface area contributed by atoms with E-state index in [4.69, 9.17) is 33.1 Å². The second-order valence-electron chi connectivity index (χ2n) is 6.95. The fraction of sp³-hybridized carbons (Fsp3) is 0.350. The molecule has 2 heterocycles. The zero-order valence-corrected chi connectivity index (χ0v) is 16.3. The number of ether oxygens (including phenoxy) is 1. The number of aliphatic hydroxyl groups is 1. The van der Waals surface area contributed by atoms with Crippen molar-refractivity contribution in [3.8, 4) is 0 Å². The van der Waals surface area contributed by atoms with Crippen LogP contribution in [0.2, 0.25) is 0 Å². The number of hydrogen-bond donors (Lipinski definition) is 2. The van der Waals surface area contributed by atoms with Crippen molar-refractivity contribution in [2.45, 2.75) is 31.6 Å². The van der Waals surface area contributed by atoms with Crippen LogP contribution in [-0.2, 0) is 17.8 Å². The largest absolute Gasteiger partial charge is 0.475 e. The van der Waals surface area contributed by atoms with Crippen LogP contribution < -0.4 is 5.01 Å². The number of aryl methyl sites for hydroxylation is 1. The number of aromatic carboxylic acids is 1. The van der Waals surface area contributed by atoms with Crippen molar-refractivity contribution in [3.05, 3.63) is 64.4 Å². The van der Waals surface area contributed by atoms with Crippen LogP contribution in [0.1, 0.15) is 40.0 Å². The monoisotopic (exact) mass is 413 g/mol. The van der Waals surface area contributed by atoms with E-state index >= 15 is 0 Å². The lowest BCUT2D eigenvalue weighted by atomic mass is 10.1. The number of carbonyl (C=O) groups is 1. The number of hydrogen-bond acceptors (Lipinski definition) is 6. The highest BCUT2D eigenvalue weighted by Gasteiger charge is 2.40. The molecule has 1 saturated heterocycles. The SMILES string of the molecule is [C-]#[N+]C1CN(c2ccc3c(c2)CCC3O)N(COCc2ccc(C(=O)O)o2)C1=S. The van der Waals surface area contributed by atoms with Crippen LogP contribution in [0.15, 0.2) is 34.7 Å². The number of rotatable bonds is 6. The Balaban J connectivity index is 1.48. The third kappa shape index (κ3) is 3.70. The molecule has 0 saturated carbocycles. The molecular weight excluding hydrogens is 394 g/mol. The van der Waals surface area contributed by atoms with E-state index in [1.54, 1.807) is 11.1 Å². The van der Waals surface area contributed by atoms with E-state index in [0.717, 1.165) is 29.7 Å². The second kappa shape index (κ2) is 7.83. The average molecular weight is 413 g/mol. The molecule has 2 aromatic rings. The van der Waals surface area contributed by atoms with E-state index in [1.165, 1.54) is 6.07 Å². The van der Waals surface area contributed by atoms with Crippen LogP contribution in [0.5, 0.6) is 0 Å². The Hall–Kier alpha value is -2.93. The van der Waals surface area contributed by atoms with Gasteiger partial charge < -0.3 is 24.2 Å². The number of thiocarbonyl (C=S) groups is 1. The molecule has 1 fully saturated rings. The van der Waals surface area contributed by atoms with Crippen molar-refractivity contribution in [2.24, 2.45) is 0 Å². The first-order valence-corrected chi connectivity index (χ1v) is 9.55. The molecule has 0 radical (unpaired) electrons. The molecule has 150 valence electrons. The second-order valence-corrected chi connectivity index (χ2v) is 7.37. The summed E-state index contributed by atoms with van der Waals surface area (Å²) in [6.07, 6.45) is 1.12. The maximum absolute atomic E-state index is 10.9. The van der Waals surface area contributed by atoms with E-state index in [9.17, 15) is 9.90 Å². The normalized spacial score (nSPS) is 20.8. The maximum Gasteiger partial charge on any atom is 0.371 e. The minimum atomic E-state index is -1.13. The number of anilines is 1. The minimum Gasteiger partial charge on any atom is -0.475 e. The molecule has 0 amide bonds. The van der Waals surface area contributed by atoms with Gasteiger partial charge in [0.05, 0.1) is 11.8 Å². The van der Waals surface area contributed by atoms with Crippen LogP contribution in [0.4, 0.5) is 5.69 Å². The summed E-state index contributed by atoms with van der Waals surface area (Å²) in [4.78, 5) is 15.0. The quantitative estimate of drug-likeness (QED) is 0.552. The Labute approximate surface area is 172 Å². The van der Waals surface area contributed by atoms with Gasteiger partial charge in [-0.05, 0) is 48.2 Å². The van der Waals surface area contributed by atoms with Crippen LogP contribution in [0.25, 0.3) is 4.85 Å². The highest BCUT2D eigenvalue weighted by molar-refractivity contribution is 7.80. The number of fused-ring (bicyclic) bond motifs is 1. The van der Waals surface area contributed by atoms with Crippen molar-refractivity contribution in [3.63, 3.8) is 0 Å². The number of carboxylic acids is 1. The van der Waals surface area contributed by atoms with Crippen LogP contribution in [0.3, 0.4) is 0 Å². The van der Waals surface area contributed by atoms with Crippen molar-refractivity contribution < 1.29 is 24.2 Å². The summed E-state index contributed by atoms with van der Waals surface area (Å²) in [6, 6.07) is 8.35. The summed E-state index contributed by atoms with van der Waals surface area (Å²) in [5.74, 6) is -0.882. The molecule has 2 atom stereocenters. The van der Waals surface area contributed by atoms with Gasteiger partial charge in [0, 0.05) is 0 Å². The molecule has 1 aliphatic heterocycles. The molecule has 4 rings (SSSR count). The molecule has 8 nitrogen and oxygen atoms in total. The smallest absolute Gasteiger partial charge is 0.371 e. The van der Waals surface area contributed by atoms with Gasteiger partial charge in [0.15, 0.2) is 4.99 Å². The van der Waals surface area contributed by atoms with E-state index in [0.29, 0.717) is 17.3 Å². The Kier molecular flexibility index (Phi) is 5.24. The Morgan fingerprint density at radius 2 is 2.21 bits per heavy atom. The number of carboxylic acid groups (broad SMARTS) is 1. The first kappa shape index (κ1) is 19.4. The number of benzene rings is 1. The average Bonchev–Trinajstić information content (AvgIpc) is 3.41. The van der Waals surface area contributed by atoms with Crippen molar-refractivity contribution >= 4 is 28.9 Å². The van der Waals surface area contributed by atoms with Crippen LogP contribution in [0, 0.1) is 6.57 Å². The predicted molar refractivity (Wildman–Crippen MR) is 107 cm³/mol. The summed E-state index contributed by atoms with van der Waals surface area (Å²) in [5.41, 5.74) is 2.94. The van der Waals surface area contributed by atoms with Crippen molar-refractivity contribution in [1.29, 1.82) is 0 Å². The van der Waals surface area contributed by atoms with Gasteiger partial charge in [-0.25, -0.2) is 16.4 Å². The molecular formula is C20H19N3O5S. The molecule has 0 bridgehead atoms. The number of furan rings is 1. The fourth-order valence-electron chi connectivity index (χ4n) is 3.65. The lowest BCUT2D eigenvalue weighted by molar-refractivity contribution is 0.0428. The highest BCUT2D eigenvalue weighted by atomic mass is 32.1. The molecule has 1 aliphatic carbocycles. The lowest BCUT2D eigenvalue weighted by Crippen LogP contribution is -2.40. The van der Waals surface area contributed by atoms with Crippen molar-refractivity contribution in [2.75, 3.05) is 18.3 Å². The Morgan fingerprint density at radius 3 is 2.93 bits per heavy atom. The summed E-state index contributed by atoms with van der Waals surface area (Å²) < 4.78 is 10.9. The standard InChI is InChI=1S/C20H19N3O5S/c1-21-16-9-22(13-3-5-15-12(8-13)2-6-17(15)24)23(19(16)29)11-27-10-14-4-7-18(28-14)20(25)26/h3-5,7-8,16-17,24H,2,6,9-11H2,(H,25,26). The van der Waals surface area contributed by atoms with E-state index in [-0.39, 0.29) is 19.1 Å². The van der Waals surface area contributed by atoms with Gasteiger partial charge in [0.1, 0.15) is 25.6 Å². The van der Waals surface area contributed by atoms with E-state index < -0.39 is 18.1 Å².